The quantitative estimate of drug-likeness (QED) is 0.563. The number of hydrogen-bond acceptors (Lipinski definition) is 3. The predicted octanol–water partition coefficient (Wildman–Crippen LogP) is 3.92. The van der Waals surface area contributed by atoms with Crippen LogP contribution in [0.2, 0.25) is 5.02 Å². The maximum Gasteiger partial charge on any atom is 0.253 e. The molecule has 3 aromatic rings. The lowest BCUT2D eigenvalue weighted by molar-refractivity contribution is 0.0927. The molecule has 1 aromatic heterocycles. The molecule has 0 spiro atoms. The molecule has 0 saturated heterocycles. The Morgan fingerprint density at radius 2 is 1.63 bits per heavy atom. The van der Waals surface area contributed by atoms with E-state index in [1.807, 2.05) is 48.7 Å². The molecule has 0 bridgehead atoms. The largest absolute Gasteiger partial charge is 0.497 e. The van der Waals surface area contributed by atoms with Gasteiger partial charge < -0.3 is 19.9 Å². The number of benzene rings is 2. The molecule has 6 nitrogen and oxygen atoms in total. The number of nitrogens with one attached hydrogen (secondary N) is 2. The number of halogens is 1. The minimum Gasteiger partial charge on any atom is -0.497 e. The van der Waals surface area contributed by atoms with E-state index < -0.39 is 0 Å². The summed E-state index contributed by atoms with van der Waals surface area (Å²) >= 11 is 6.10. The maximum absolute atomic E-state index is 12.6. The highest BCUT2D eigenvalue weighted by Gasteiger charge is 2.16. The number of amides is 2. The second-order valence-electron chi connectivity index (χ2n) is 6.84. The molecule has 0 aliphatic carbocycles. The van der Waals surface area contributed by atoms with Crippen LogP contribution in [0.1, 0.15) is 32.1 Å². The van der Waals surface area contributed by atoms with Crippen LogP contribution in [-0.2, 0) is 0 Å². The fraction of sp³-hybridized carbons (Fsp3) is 0.217. The number of carbonyl (C=O) groups excluding carboxylic acids is 2. The second-order valence-corrected chi connectivity index (χ2v) is 7.28. The summed E-state index contributed by atoms with van der Waals surface area (Å²) in [6, 6.07) is 16.2. The summed E-state index contributed by atoms with van der Waals surface area (Å²) < 4.78 is 7.07. The fourth-order valence-corrected chi connectivity index (χ4v) is 3.48. The molecule has 1 heterocycles. The lowest BCUT2D eigenvalue weighted by Crippen LogP contribution is -2.34. The average molecular weight is 426 g/mol. The second kappa shape index (κ2) is 9.50. The van der Waals surface area contributed by atoms with Crippen molar-refractivity contribution in [1.29, 1.82) is 0 Å². The van der Waals surface area contributed by atoms with E-state index in [1.54, 1.807) is 31.4 Å². The third-order valence-corrected chi connectivity index (χ3v) is 5.03. The van der Waals surface area contributed by atoms with Gasteiger partial charge in [0, 0.05) is 40.8 Å². The SMILES string of the molecule is COc1ccc(C(=O)NCCNC(=O)c2cc(C)n(-c3cccc(Cl)c3)c2C)cc1. The Morgan fingerprint density at radius 3 is 2.27 bits per heavy atom. The van der Waals surface area contributed by atoms with Gasteiger partial charge in [-0.3, -0.25) is 9.59 Å². The van der Waals surface area contributed by atoms with Crippen LogP contribution in [0.25, 0.3) is 5.69 Å². The molecular formula is C23H24ClN3O3. The normalized spacial score (nSPS) is 10.5. The van der Waals surface area contributed by atoms with Gasteiger partial charge in [0.25, 0.3) is 11.8 Å². The van der Waals surface area contributed by atoms with Crippen molar-refractivity contribution in [2.45, 2.75) is 13.8 Å². The lowest BCUT2D eigenvalue weighted by Gasteiger charge is -2.11. The summed E-state index contributed by atoms with van der Waals surface area (Å²) in [5, 5.41) is 6.28. The Bertz CT molecular complexity index is 1060. The number of methoxy groups -OCH3 is 1. The van der Waals surface area contributed by atoms with Gasteiger partial charge in [0.15, 0.2) is 0 Å². The van der Waals surface area contributed by atoms with Crippen molar-refractivity contribution in [3.05, 3.63) is 82.1 Å². The summed E-state index contributed by atoms with van der Waals surface area (Å²) in [5.41, 5.74) is 3.80. The smallest absolute Gasteiger partial charge is 0.253 e. The van der Waals surface area contributed by atoms with Crippen molar-refractivity contribution in [2.75, 3.05) is 20.2 Å². The highest BCUT2D eigenvalue weighted by Crippen LogP contribution is 2.23. The van der Waals surface area contributed by atoms with Gasteiger partial charge >= 0.3 is 0 Å². The van der Waals surface area contributed by atoms with Gasteiger partial charge in [-0.05, 0) is 62.4 Å². The highest BCUT2D eigenvalue weighted by atomic mass is 35.5. The van der Waals surface area contributed by atoms with Crippen LogP contribution in [0.4, 0.5) is 0 Å². The minimum atomic E-state index is -0.203. The van der Waals surface area contributed by atoms with E-state index in [-0.39, 0.29) is 11.8 Å². The van der Waals surface area contributed by atoms with E-state index >= 15 is 0 Å². The lowest BCUT2D eigenvalue weighted by atomic mass is 10.2. The molecule has 0 radical (unpaired) electrons. The third kappa shape index (κ3) is 4.83. The molecule has 30 heavy (non-hydrogen) atoms. The zero-order chi connectivity index (χ0) is 21.7. The van der Waals surface area contributed by atoms with Crippen LogP contribution in [0.15, 0.2) is 54.6 Å². The van der Waals surface area contributed by atoms with E-state index in [1.165, 1.54) is 0 Å². The van der Waals surface area contributed by atoms with Crippen molar-refractivity contribution in [3.8, 4) is 11.4 Å². The van der Waals surface area contributed by atoms with Crippen LogP contribution in [0.5, 0.6) is 5.75 Å². The molecule has 2 aromatic carbocycles. The zero-order valence-electron chi connectivity index (χ0n) is 17.2. The van der Waals surface area contributed by atoms with Crippen LogP contribution in [-0.4, -0.2) is 36.6 Å². The number of rotatable bonds is 7. The van der Waals surface area contributed by atoms with Crippen LogP contribution < -0.4 is 15.4 Å². The fourth-order valence-electron chi connectivity index (χ4n) is 3.30. The molecule has 2 amide bonds. The first-order valence-electron chi connectivity index (χ1n) is 9.56. The van der Waals surface area contributed by atoms with E-state index in [2.05, 4.69) is 10.6 Å². The van der Waals surface area contributed by atoms with Gasteiger partial charge in [0.2, 0.25) is 0 Å². The first-order chi connectivity index (χ1) is 14.4. The first kappa shape index (κ1) is 21.5. The maximum atomic E-state index is 12.6. The van der Waals surface area contributed by atoms with Crippen molar-refractivity contribution < 1.29 is 14.3 Å². The predicted molar refractivity (Wildman–Crippen MR) is 118 cm³/mol. The summed E-state index contributed by atoms with van der Waals surface area (Å²) in [5.74, 6) is 0.301. The third-order valence-electron chi connectivity index (χ3n) is 4.79. The molecule has 3 rings (SSSR count). The highest BCUT2D eigenvalue weighted by molar-refractivity contribution is 6.30. The van der Waals surface area contributed by atoms with Crippen LogP contribution in [0.3, 0.4) is 0 Å². The molecule has 0 fully saturated rings. The monoisotopic (exact) mass is 425 g/mol. The topological polar surface area (TPSA) is 72.4 Å². The summed E-state index contributed by atoms with van der Waals surface area (Å²) in [7, 11) is 1.57. The molecule has 0 atom stereocenters. The van der Waals surface area contributed by atoms with Gasteiger partial charge in [-0.25, -0.2) is 0 Å². The molecular weight excluding hydrogens is 402 g/mol. The summed E-state index contributed by atoms with van der Waals surface area (Å²) in [6.07, 6.45) is 0. The van der Waals surface area contributed by atoms with Crippen molar-refractivity contribution in [1.82, 2.24) is 15.2 Å². The van der Waals surface area contributed by atoms with Gasteiger partial charge in [-0.15, -0.1) is 0 Å². The number of nitrogens with zero attached hydrogens (tertiary/aromatic N) is 1. The van der Waals surface area contributed by atoms with Gasteiger partial charge in [0.1, 0.15) is 5.75 Å². The van der Waals surface area contributed by atoms with E-state index in [0.29, 0.717) is 35.0 Å². The number of hydrogen-bond donors (Lipinski definition) is 2. The van der Waals surface area contributed by atoms with E-state index in [4.69, 9.17) is 16.3 Å². The van der Waals surface area contributed by atoms with Crippen molar-refractivity contribution >= 4 is 23.4 Å². The average Bonchev–Trinajstić information content (AvgIpc) is 3.05. The molecule has 2 N–H and O–H groups in total. The van der Waals surface area contributed by atoms with Crippen molar-refractivity contribution in [2.24, 2.45) is 0 Å². The van der Waals surface area contributed by atoms with E-state index in [9.17, 15) is 9.59 Å². The summed E-state index contributed by atoms with van der Waals surface area (Å²) in [4.78, 5) is 24.8. The van der Waals surface area contributed by atoms with Crippen LogP contribution in [0, 0.1) is 13.8 Å². The number of carbonyl (C=O) groups is 2. The van der Waals surface area contributed by atoms with E-state index in [0.717, 1.165) is 17.1 Å². The Labute approximate surface area is 180 Å². The number of aryl methyl sites for hydroxylation is 1. The van der Waals surface area contributed by atoms with Crippen molar-refractivity contribution in [3.63, 3.8) is 0 Å². The summed E-state index contributed by atoms with van der Waals surface area (Å²) in [6.45, 7) is 4.49. The molecule has 0 saturated carbocycles. The Hall–Kier alpha value is -3.25. The number of ether oxygens (including phenoxy) is 1. The standard InChI is InChI=1S/C23H24ClN3O3/c1-15-13-21(16(2)27(15)19-6-4-5-18(24)14-19)23(29)26-12-11-25-22(28)17-7-9-20(30-3)10-8-17/h4-10,13-14H,11-12H2,1-3H3,(H,25,28)(H,26,29). The molecule has 0 aliphatic rings. The number of aromatic nitrogens is 1. The van der Waals surface area contributed by atoms with Crippen LogP contribution >= 0.6 is 11.6 Å². The molecule has 0 unspecified atom stereocenters. The van der Waals surface area contributed by atoms with Gasteiger partial charge in [0.05, 0.1) is 12.7 Å². The Balaban J connectivity index is 1.57. The minimum absolute atomic E-state index is 0.185. The Morgan fingerprint density at radius 1 is 0.967 bits per heavy atom. The molecule has 7 heteroatoms. The molecule has 156 valence electrons. The molecule has 0 aliphatic heterocycles. The van der Waals surface area contributed by atoms with Gasteiger partial charge in [-0.1, -0.05) is 17.7 Å². The Kier molecular flexibility index (Phi) is 6.79. The van der Waals surface area contributed by atoms with Gasteiger partial charge in [-0.2, -0.15) is 0 Å². The first-order valence-corrected chi connectivity index (χ1v) is 9.94. The zero-order valence-corrected chi connectivity index (χ0v) is 17.9.